The van der Waals surface area contributed by atoms with Crippen LogP contribution < -0.4 is 17.2 Å². The monoisotopic (exact) mass is 526 g/mol. The zero-order valence-electron chi connectivity index (χ0n) is 21.3. The molecule has 3 aromatic heterocycles. The summed E-state index contributed by atoms with van der Waals surface area (Å²) >= 11 is 5.87. The van der Waals surface area contributed by atoms with E-state index in [1.807, 2.05) is 75.4 Å². The number of halogens is 2. The molecule has 6 nitrogen and oxygen atoms in total. The van der Waals surface area contributed by atoms with Gasteiger partial charge in [0.05, 0.1) is 32.9 Å². The average molecular weight is 527 g/mol. The fourth-order valence-corrected chi connectivity index (χ4v) is 4.05. The first kappa shape index (κ1) is 26.6. The fraction of sp³-hybridized carbons (Fsp3) is 0.100. The first-order valence-corrected chi connectivity index (χ1v) is 12.3. The van der Waals surface area contributed by atoms with Gasteiger partial charge in [0.1, 0.15) is 5.82 Å². The number of aromatic nitrogens is 3. The molecule has 0 aliphatic carbocycles. The molecule has 0 saturated carbocycles. The highest BCUT2D eigenvalue weighted by molar-refractivity contribution is 6.34. The Balaban J connectivity index is 0.000000133. The number of fused-ring (bicyclic) bond motifs is 3. The maximum Gasteiger partial charge on any atom is 0.146 e. The molecule has 6 rings (SSSR count). The minimum absolute atomic E-state index is 0.171. The van der Waals surface area contributed by atoms with E-state index in [-0.39, 0.29) is 5.69 Å². The predicted molar refractivity (Wildman–Crippen MR) is 158 cm³/mol. The topological polar surface area (TPSA) is 117 Å². The van der Waals surface area contributed by atoms with Gasteiger partial charge in [-0.05, 0) is 93.6 Å². The maximum atomic E-state index is 13.0. The average Bonchev–Trinajstić information content (AvgIpc) is 2.89. The van der Waals surface area contributed by atoms with Crippen LogP contribution in [-0.2, 0) is 0 Å². The van der Waals surface area contributed by atoms with Crippen LogP contribution in [0.25, 0.3) is 32.7 Å². The van der Waals surface area contributed by atoms with Crippen molar-refractivity contribution in [1.82, 2.24) is 15.0 Å². The van der Waals surface area contributed by atoms with Crippen LogP contribution in [0.5, 0.6) is 0 Å². The zero-order valence-corrected chi connectivity index (χ0v) is 22.1. The summed E-state index contributed by atoms with van der Waals surface area (Å²) in [6.07, 6.45) is 0. The standard InChI is InChI=1S/C10H9ClN2.C10H9FN2.C10H10N2/c2*1-6-2-3-7-9(13-6)5-4-8(11)10(7)12;1-7-5-6-8-9(11)3-2-4-10(8)12-7/h2*2-5H,12H2,1H3;2-6H,11H2,1H3. The molecule has 3 heterocycles. The van der Waals surface area contributed by atoms with Gasteiger partial charge in [0.2, 0.25) is 0 Å². The molecular formula is C30H28ClFN6. The lowest BCUT2D eigenvalue weighted by Crippen LogP contribution is -1.93. The van der Waals surface area contributed by atoms with Crippen molar-refractivity contribution in [2.45, 2.75) is 20.8 Å². The van der Waals surface area contributed by atoms with Crippen LogP contribution in [0.2, 0.25) is 5.02 Å². The van der Waals surface area contributed by atoms with Gasteiger partial charge in [-0.1, -0.05) is 17.7 Å². The Hall–Kier alpha value is -4.49. The van der Waals surface area contributed by atoms with E-state index in [0.29, 0.717) is 16.1 Å². The van der Waals surface area contributed by atoms with Crippen LogP contribution in [0.3, 0.4) is 0 Å². The normalized spacial score (nSPS) is 10.6. The molecule has 0 radical (unpaired) electrons. The number of aryl methyl sites for hydroxylation is 3. The first-order chi connectivity index (χ1) is 18.1. The van der Waals surface area contributed by atoms with Crippen LogP contribution in [0.1, 0.15) is 17.1 Å². The van der Waals surface area contributed by atoms with Crippen molar-refractivity contribution >= 4 is 61.4 Å². The van der Waals surface area contributed by atoms with Crippen molar-refractivity contribution < 1.29 is 4.39 Å². The van der Waals surface area contributed by atoms with Crippen LogP contribution in [0, 0.1) is 26.6 Å². The first-order valence-electron chi connectivity index (χ1n) is 11.9. The zero-order chi connectivity index (χ0) is 27.4. The van der Waals surface area contributed by atoms with Crippen LogP contribution in [0.15, 0.2) is 78.9 Å². The predicted octanol–water partition coefficient (Wildman–Crippen LogP) is 7.17. The second-order valence-corrected chi connectivity index (χ2v) is 9.23. The third kappa shape index (κ3) is 5.90. The third-order valence-corrected chi connectivity index (χ3v) is 6.23. The SMILES string of the molecule is Cc1ccc2c(N)c(Cl)ccc2n1.Cc1ccc2c(N)c(F)ccc2n1.Cc1ccc2c(N)cccc2n1. The van der Waals surface area contributed by atoms with Gasteiger partial charge in [-0.25, -0.2) is 4.39 Å². The van der Waals surface area contributed by atoms with E-state index in [0.717, 1.165) is 50.1 Å². The molecule has 0 atom stereocenters. The largest absolute Gasteiger partial charge is 0.398 e. The van der Waals surface area contributed by atoms with Gasteiger partial charge in [-0.15, -0.1) is 0 Å². The lowest BCUT2D eigenvalue weighted by molar-refractivity contribution is 0.634. The molecule has 192 valence electrons. The molecule has 0 saturated heterocycles. The molecule has 0 unspecified atom stereocenters. The summed E-state index contributed by atoms with van der Waals surface area (Å²) in [7, 11) is 0. The van der Waals surface area contributed by atoms with E-state index in [2.05, 4.69) is 15.0 Å². The molecule has 3 aromatic carbocycles. The van der Waals surface area contributed by atoms with E-state index in [1.165, 1.54) is 6.07 Å². The highest BCUT2D eigenvalue weighted by Crippen LogP contribution is 2.27. The van der Waals surface area contributed by atoms with Crippen LogP contribution in [0.4, 0.5) is 21.5 Å². The second kappa shape index (κ2) is 11.3. The summed E-state index contributed by atoms with van der Waals surface area (Å²) in [5, 5.41) is 3.20. The van der Waals surface area contributed by atoms with Crippen molar-refractivity contribution in [3.8, 4) is 0 Å². The number of nitrogens with zero attached hydrogens (tertiary/aromatic N) is 3. The van der Waals surface area contributed by atoms with Crippen LogP contribution >= 0.6 is 11.6 Å². The Labute approximate surface area is 225 Å². The fourth-order valence-electron chi connectivity index (χ4n) is 3.88. The molecular weight excluding hydrogens is 499 g/mol. The Bertz CT molecular complexity index is 1680. The molecule has 38 heavy (non-hydrogen) atoms. The molecule has 6 aromatic rings. The number of rotatable bonds is 0. The summed E-state index contributed by atoms with van der Waals surface area (Å²) in [5.41, 5.74) is 24.2. The highest BCUT2D eigenvalue weighted by atomic mass is 35.5. The van der Waals surface area contributed by atoms with Crippen LogP contribution in [-0.4, -0.2) is 15.0 Å². The molecule has 0 bridgehead atoms. The molecule has 6 N–H and O–H groups in total. The van der Waals surface area contributed by atoms with E-state index >= 15 is 0 Å². The van der Waals surface area contributed by atoms with Crippen molar-refractivity contribution in [3.63, 3.8) is 0 Å². The lowest BCUT2D eigenvalue weighted by atomic mass is 10.1. The Kier molecular flexibility index (Phi) is 7.88. The summed E-state index contributed by atoms with van der Waals surface area (Å²) in [6.45, 7) is 5.81. The van der Waals surface area contributed by atoms with Gasteiger partial charge in [-0.2, -0.15) is 0 Å². The Morgan fingerprint density at radius 1 is 0.553 bits per heavy atom. The van der Waals surface area contributed by atoms with Gasteiger partial charge < -0.3 is 17.2 Å². The molecule has 0 spiro atoms. The number of nitrogen functional groups attached to an aromatic ring is 3. The third-order valence-electron chi connectivity index (χ3n) is 5.90. The second-order valence-electron chi connectivity index (χ2n) is 8.83. The molecule has 0 aliphatic rings. The molecule has 0 amide bonds. The molecule has 8 heteroatoms. The minimum atomic E-state index is -0.391. The van der Waals surface area contributed by atoms with E-state index in [4.69, 9.17) is 28.8 Å². The summed E-state index contributed by atoms with van der Waals surface area (Å²) in [6, 6.07) is 23.8. The summed E-state index contributed by atoms with van der Waals surface area (Å²) < 4.78 is 13.0. The summed E-state index contributed by atoms with van der Waals surface area (Å²) in [4.78, 5) is 12.9. The number of anilines is 3. The van der Waals surface area contributed by atoms with E-state index in [1.54, 1.807) is 18.2 Å². The van der Waals surface area contributed by atoms with Gasteiger partial charge in [0.25, 0.3) is 0 Å². The summed E-state index contributed by atoms with van der Waals surface area (Å²) in [5.74, 6) is -0.391. The molecule has 0 fully saturated rings. The number of hydrogen-bond donors (Lipinski definition) is 3. The van der Waals surface area contributed by atoms with Crippen molar-refractivity contribution in [2.75, 3.05) is 17.2 Å². The van der Waals surface area contributed by atoms with Gasteiger partial charge >= 0.3 is 0 Å². The van der Waals surface area contributed by atoms with Crippen molar-refractivity contribution in [2.24, 2.45) is 0 Å². The van der Waals surface area contributed by atoms with Crippen molar-refractivity contribution in [1.29, 1.82) is 0 Å². The van der Waals surface area contributed by atoms with Crippen molar-refractivity contribution in [3.05, 3.63) is 107 Å². The van der Waals surface area contributed by atoms with Gasteiger partial charge in [0, 0.05) is 38.9 Å². The minimum Gasteiger partial charge on any atom is -0.398 e. The van der Waals surface area contributed by atoms with E-state index in [9.17, 15) is 4.39 Å². The van der Waals surface area contributed by atoms with Gasteiger partial charge in [0.15, 0.2) is 0 Å². The Morgan fingerprint density at radius 2 is 1.03 bits per heavy atom. The smallest absolute Gasteiger partial charge is 0.146 e. The highest BCUT2D eigenvalue weighted by Gasteiger charge is 2.04. The Morgan fingerprint density at radius 3 is 1.61 bits per heavy atom. The lowest BCUT2D eigenvalue weighted by Gasteiger charge is -2.03. The molecule has 0 aliphatic heterocycles. The van der Waals surface area contributed by atoms with Gasteiger partial charge in [-0.3, -0.25) is 15.0 Å². The number of nitrogens with two attached hydrogens (primary N) is 3. The number of hydrogen-bond acceptors (Lipinski definition) is 6. The number of pyridine rings is 3. The quantitative estimate of drug-likeness (QED) is 0.181. The maximum absolute atomic E-state index is 13.0. The van der Waals surface area contributed by atoms with E-state index < -0.39 is 5.82 Å². The number of benzene rings is 3.